The summed E-state index contributed by atoms with van der Waals surface area (Å²) in [5, 5.41) is 27.0. The minimum Gasteiger partial charge on any atom is -0.491 e. The molecule has 0 amide bonds. The van der Waals surface area contributed by atoms with E-state index in [4.69, 9.17) is 117 Å². The molecule has 3 aromatic carbocycles. The fourth-order valence-corrected chi connectivity index (χ4v) is 11.9. The fourth-order valence-electron chi connectivity index (χ4n) is 10.9. The van der Waals surface area contributed by atoms with Crippen LogP contribution in [0.4, 0.5) is 91.7 Å². The Morgan fingerprint density at radius 2 is 0.674 bits per heavy atom. The monoisotopic (exact) mass is 1950 g/mol. The molecule has 0 aliphatic heterocycles. The molecule has 0 spiro atoms. The van der Waals surface area contributed by atoms with Gasteiger partial charge in [-0.2, -0.15) is 39.5 Å². The second-order valence-electron chi connectivity index (χ2n) is 25.7. The average Bonchev–Trinajstić information content (AvgIpc) is 0.697. The highest BCUT2D eigenvalue weighted by atomic mass is 35.5. The number of pyridine rings is 5. The predicted molar refractivity (Wildman–Crippen MR) is 456 cm³/mol. The van der Waals surface area contributed by atoms with Gasteiger partial charge in [0.2, 0.25) is 0 Å². The second-order valence-corrected chi connectivity index (χ2v) is 27.7. The van der Waals surface area contributed by atoms with Gasteiger partial charge in [-0.3, -0.25) is 15.0 Å². The van der Waals surface area contributed by atoms with E-state index in [2.05, 4.69) is 92.2 Å². The largest absolute Gasteiger partial charge is 0.491 e. The number of methoxy groups -OCH3 is 5. The van der Waals surface area contributed by atoms with Crippen molar-refractivity contribution in [2.45, 2.75) is 46.2 Å². The van der Waals surface area contributed by atoms with E-state index in [0.717, 1.165) is 56.0 Å². The molecule has 15 N–H and O–H groups in total. The van der Waals surface area contributed by atoms with E-state index in [1.165, 1.54) is 91.7 Å². The molecule has 692 valence electrons. The Morgan fingerprint density at radius 3 is 1.03 bits per heavy atom. The van der Waals surface area contributed by atoms with Gasteiger partial charge in [0.05, 0.1) is 72.7 Å². The number of aromatic carboxylic acids is 3. The van der Waals surface area contributed by atoms with Crippen LogP contribution in [-0.4, -0.2) is 151 Å². The zero-order chi connectivity index (χ0) is 99.1. The summed E-state index contributed by atoms with van der Waals surface area (Å²) in [5.74, 6) is -9.92. The number of anilines is 6. The zero-order valence-electron chi connectivity index (χ0n) is 68.6. The molecule has 12 aromatic rings. The van der Waals surface area contributed by atoms with Gasteiger partial charge in [0.25, 0.3) is 0 Å². The van der Waals surface area contributed by atoms with Gasteiger partial charge in [-0.1, -0.05) is 83.3 Å². The second kappa shape index (κ2) is 43.4. The predicted octanol–water partition coefficient (Wildman–Crippen LogP) is 17.6. The van der Waals surface area contributed by atoms with E-state index >= 15 is 0 Å². The van der Waals surface area contributed by atoms with Gasteiger partial charge in [-0.05, 0) is 123 Å². The van der Waals surface area contributed by atoms with Crippen LogP contribution in [-0.2, 0) is 32.7 Å². The molecule has 0 aliphatic rings. The van der Waals surface area contributed by atoms with Crippen molar-refractivity contribution in [3.05, 3.63) is 238 Å². The first-order valence-electron chi connectivity index (χ1n) is 35.7. The number of hydrogen-bond acceptors (Lipinski definition) is 30. The standard InChI is InChI=1S/C14H11ClF3N3O2.C14H13ClFN3O3.C14H9F4N3O2.C13H10Cl2FN3O2.C13H11ClFN3O3.C13H9F3N4O2/c1-6-10(19)9(15)12(13(22)23-2)21-11(6)7-3-4-8(20-5-7)14(16,17)18;1-6-7(4-5-8(15)9(6)16)13-18-10(14(20)22-3)11(21-2)12(17)19-13;1-2-7-10(19)9(15)11(21-12(7)13(22)23)6-3-4-8(20-5-6)14(16,17)18;1-5-6(3-4-7(14)9(5)16)12-18-10(13(20)21-2)8(15)11(17)19-12;1-5-6(3-4-7(14)8(5)15)12-17-9(13(19)20)10(21-2)11(16)18-12;1-2-7-9(12(21)22)19-11(20-10(7)17)6-3-4-8(18-5-6)13(14,15)16/h3-5H,1-2H3,(H2,19,21);4-5H,1-3H3,(H2,17,18,19);2-5H,1H2,(H2,19,21)(H,22,23);3-4H,1-2H3,(H2,17,18,19);3-4H,1-2H3,(H,19,20)(H2,16,17,18);2-5H,1H2,(H,21,22)(H2,17,19,20). The molecular formula is C81H63Cl5F13N19O14. The minimum atomic E-state index is -4.65. The van der Waals surface area contributed by atoms with Gasteiger partial charge in [0, 0.05) is 63.1 Å². The number of halogens is 18. The Morgan fingerprint density at radius 1 is 0.356 bits per heavy atom. The molecular weight excluding hydrogens is 1890 g/mol. The lowest BCUT2D eigenvalue weighted by atomic mass is 10.1. The summed E-state index contributed by atoms with van der Waals surface area (Å²) in [6.07, 6.45) is -8.90. The van der Waals surface area contributed by atoms with Crippen molar-refractivity contribution >= 4 is 141 Å². The lowest BCUT2D eigenvalue weighted by Gasteiger charge is -2.13. The fraction of sp³-hybridized carbons (Fsp3) is 0.148. The van der Waals surface area contributed by atoms with Crippen molar-refractivity contribution in [3.8, 4) is 79.6 Å². The van der Waals surface area contributed by atoms with Crippen LogP contribution in [0.15, 0.2) is 105 Å². The summed E-state index contributed by atoms with van der Waals surface area (Å²) in [4.78, 5) is 118. The number of alkyl halides is 9. The topological polar surface area (TPSA) is 533 Å². The number of ether oxygens (including phenoxy) is 5. The number of benzene rings is 3. The number of carboxylic acids is 3. The Bertz CT molecular complexity index is 6520. The molecule has 0 bridgehead atoms. The van der Waals surface area contributed by atoms with Crippen molar-refractivity contribution < 1.29 is 125 Å². The number of nitrogens with zero attached hydrogens (tertiary/aromatic N) is 13. The third-order valence-electron chi connectivity index (χ3n) is 17.5. The Labute approximate surface area is 759 Å². The number of nitrogens with two attached hydrogens (primary N) is 6. The molecule has 9 aromatic heterocycles. The van der Waals surface area contributed by atoms with E-state index in [1.54, 1.807) is 13.0 Å². The van der Waals surface area contributed by atoms with Gasteiger partial charge in [-0.15, -0.1) is 0 Å². The minimum absolute atomic E-state index is 0.00249. The Hall–Kier alpha value is -15.0. The van der Waals surface area contributed by atoms with Crippen LogP contribution < -0.4 is 43.9 Å². The van der Waals surface area contributed by atoms with Crippen LogP contribution in [0.5, 0.6) is 11.5 Å². The average molecular weight is 1950 g/mol. The third-order valence-corrected chi connectivity index (χ3v) is 19.2. The van der Waals surface area contributed by atoms with Gasteiger partial charge in [-0.25, -0.2) is 96.2 Å². The highest BCUT2D eigenvalue weighted by Gasteiger charge is 2.36. The van der Waals surface area contributed by atoms with Gasteiger partial charge in [0.1, 0.15) is 56.9 Å². The number of hydrogen-bond donors (Lipinski definition) is 9. The molecule has 132 heavy (non-hydrogen) atoms. The van der Waals surface area contributed by atoms with E-state index < -0.39 is 123 Å². The van der Waals surface area contributed by atoms with Gasteiger partial charge < -0.3 is 73.4 Å². The zero-order valence-corrected chi connectivity index (χ0v) is 72.4. The van der Waals surface area contributed by atoms with E-state index in [0.29, 0.717) is 28.3 Å². The smallest absolute Gasteiger partial charge is 0.433 e. The maximum Gasteiger partial charge on any atom is 0.433 e. The molecule has 0 fully saturated rings. The summed E-state index contributed by atoms with van der Waals surface area (Å²) < 4.78 is 192. The number of carbonyl (C=O) groups excluding carboxylic acids is 3. The summed E-state index contributed by atoms with van der Waals surface area (Å²) in [5.41, 5.74) is 30.4. The summed E-state index contributed by atoms with van der Waals surface area (Å²) in [6.45, 7) is 12.9. The molecule has 51 heteroatoms. The molecule has 0 saturated carbocycles. The van der Waals surface area contributed by atoms with E-state index in [-0.39, 0.29) is 156 Å². The van der Waals surface area contributed by atoms with Gasteiger partial charge >= 0.3 is 54.3 Å². The maximum atomic E-state index is 14.2. The first-order valence-corrected chi connectivity index (χ1v) is 37.6. The lowest BCUT2D eigenvalue weighted by Crippen LogP contribution is -2.12. The Balaban J connectivity index is 0.000000216. The molecule has 33 nitrogen and oxygen atoms in total. The molecule has 0 saturated heterocycles. The number of nitrogen functional groups attached to an aromatic ring is 6. The normalized spacial score (nSPS) is 10.9. The quantitative estimate of drug-likeness (QED) is 0.0246. The number of rotatable bonds is 16. The van der Waals surface area contributed by atoms with Crippen LogP contribution in [0.3, 0.4) is 0 Å². The molecule has 0 radical (unpaired) electrons. The van der Waals surface area contributed by atoms with Crippen LogP contribution >= 0.6 is 58.0 Å². The third kappa shape index (κ3) is 23.9. The first kappa shape index (κ1) is 104. The number of esters is 3. The maximum absolute atomic E-state index is 14.2. The van der Waals surface area contributed by atoms with E-state index in [9.17, 15) is 85.8 Å². The Kier molecular flexibility index (Phi) is 34.2. The van der Waals surface area contributed by atoms with Crippen LogP contribution in [0.25, 0.3) is 80.2 Å². The molecule has 0 unspecified atom stereocenters. The number of carbonyl (C=O) groups is 6. The molecule has 0 aliphatic carbocycles. The van der Waals surface area contributed by atoms with E-state index in [1.807, 2.05) is 0 Å². The molecule has 9 heterocycles. The van der Waals surface area contributed by atoms with Crippen molar-refractivity contribution in [2.24, 2.45) is 0 Å². The van der Waals surface area contributed by atoms with Crippen LogP contribution in [0.2, 0.25) is 25.1 Å². The van der Waals surface area contributed by atoms with Crippen molar-refractivity contribution in [3.63, 3.8) is 0 Å². The lowest BCUT2D eigenvalue weighted by molar-refractivity contribution is -0.141. The van der Waals surface area contributed by atoms with Crippen molar-refractivity contribution in [2.75, 3.05) is 70.0 Å². The first-order chi connectivity index (χ1) is 61.7. The highest BCUT2D eigenvalue weighted by molar-refractivity contribution is 6.36. The summed E-state index contributed by atoms with van der Waals surface area (Å²) >= 11 is 28.9. The summed E-state index contributed by atoms with van der Waals surface area (Å²) in [7, 11) is 6.12. The highest BCUT2D eigenvalue weighted by Crippen LogP contribution is 2.40. The SMILES string of the molecule is C=Cc1c(C(=O)O)nc(-c2ccc(C(F)(F)F)nc2)c(F)c1N.C=Cc1c(N)nc(-c2ccc(C(F)(F)F)nc2)nc1C(=O)O.COC(=O)c1nc(-c2ccc(C(F)(F)F)nc2)c(C)c(N)c1Cl.COC(=O)c1nc(-c2ccc(Cl)c(F)c2C)nc(N)c1Cl.COC(=O)c1nc(-c2ccc(Cl)c(F)c2C)nc(N)c1OC.COc1c(N)nc(-c2ccc(Cl)c(F)c2C)nc1C(=O)O. The van der Waals surface area contributed by atoms with Crippen molar-refractivity contribution in [1.29, 1.82) is 0 Å². The van der Waals surface area contributed by atoms with Crippen LogP contribution in [0, 0.1) is 51.0 Å². The van der Waals surface area contributed by atoms with Crippen LogP contribution in [0.1, 0.15) is 113 Å². The summed E-state index contributed by atoms with van der Waals surface area (Å²) in [6, 6.07) is 14.1. The number of carboxylic acid groups (broad SMARTS) is 3. The molecule has 12 rings (SSSR count). The molecule has 0 atom stereocenters. The number of aromatic nitrogens is 13. The van der Waals surface area contributed by atoms with Gasteiger partial charge in [0.15, 0.2) is 86.4 Å². The van der Waals surface area contributed by atoms with Crippen molar-refractivity contribution in [1.82, 2.24) is 64.8 Å².